The molecule has 0 spiro atoms. The van der Waals surface area contributed by atoms with Gasteiger partial charge in [-0.1, -0.05) is 56.2 Å². The Kier molecular flexibility index (Phi) is 8.74. The fraction of sp³-hybridized carbons (Fsp3) is 0.571. The molecular weight excluding hydrogens is 426 g/mol. The van der Waals surface area contributed by atoms with Crippen molar-refractivity contribution in [3.63, 3.8) is 0 Å². The number of aryl methyl sites for hydroxylation is 1. The molecule has 0 radical (unpaired) electrons. The number of thiazole rings is 1. The normalized spacial score (nSPS) is 23.2. The lowest BCUT2D eigenvalue weighted by molar-refractivity contribution is -0.115. The zero-order valence-corrected chi connectivity index (χ0v) is 20.9. The fourth-order valence-corrected chi connectivity index (χ4v) is 6.58. The van der Waals surface area contributed by atoms with Crippen molar-refractivity contribution in [3.05, 3.63) is 52.5 Å². The molecule has 1 saturated carbocycles. The van der Waals surface area contributed by atoms with Gasteiger partial charge in [0.2, 0.25) is 0 Å². The maximum absolute atomic E-state index is 12.4. The Morgan fingerprint density at radius 2 is 1.88 bits per heavy atom. The quantitative estimate of drug-likeness (QED) is 0.427. The molecule has 0 unspecified atom stereocenters. The molecule has 0 amide bonds. The lowest BCUT2D eigenvalue weighted by Crippen LogP contribution is -2.41. The highest BCUT2D eigenvalue weighted by atomic mass is 32.1. The molecule has 2 aromatic rings. The molecule has 1 atom stereocenters. The Labute approximate surface area is 203 Å². The molecule has 33 heavy (non-hydrogen) atoms. The molecule has 4 nitrogen and oxygen atoms in total. The highest BCUT2D eigenvalue weighted by Crippen LogP contribution is 2.34. The number of hydrogen-bond donors (Lipinski definition) is 1. The second kappa shape index (κ2) is 11.9. The summed E-state index contributed by atoms with van der Waals surface area (Å²) in [6.07, 6.45) is 15.3. The predicted octanol–water partition coefficient (Wildman–Crippen LogP) is 6.16. The summed E-state index contributed by atoms with van der Waals surface area (Å²) < 4.78 is 0. The molecule has 4 rings (SSSR count). The molecule has 2 aliphatic carbocycles. The third-order valence-electron chi connectivity index (χ3n) is 7.50. The van der Waals surface area contributed by atoms with E-state index in [1.807, 2.05) is 36.4 Å². The second-order valence-corrected chi connectivity index (χ2v) is 11.1. The van der Waals surface area contributed by atoms with E-state index in [2.05, 4.69) is 16.8 Å². The van der Waals surface area contributed by atoms with Crippen LogP contribution in [-0.2, 0) is 17.6 Å². The first-order chi connectivity index (χ1) is 16.1. The third kappa shape index (κ3) is 7.00. The number of hydrogen-bond acceptors (Lipinski definition) is 5. The van der Waals surface area contributed by atoms with Gasteiger partial charge in [0.1, 0.15) is 0 Å². The minimum atomic E-state index is 0.275. The summed E-state index contributed by atoms with van der Waals surface area (Å²) in [7, 11) is 0. The number of benzene rings is 1. The summed E-state index contributed by atoms with van der Waals surface area (Å²) in [6.45, 7) is 4.68. The summed E-state index contributed by atoms with van der Waals surface area (Å²) in [4.78, 5) is 21.1. The van der Waals surface area contributed by atoms with Gasteiger partial charge in [0.25, 0.3) is 0 Å². The molecule has 1 aromatic heterocycles. The van der Waals surface area contributed by atoms with E-state index in [1.54, 1.807) is 17.4 Å². The van der Waals surface area contributed by atoms with E-state index in [-0.39, 0.29) is 5.78 Å². The van der Waals surface area contributed by atoms with Gasteiger partial charge in [-0.05, 0) is 81.5 Å². The largest absolute Gasteiger partial charge is 0.375 e. The zero-order chi connectivity index (χ0) is 23.0. The number of fused-ring (bicyclic) bond motifs is 1. The fourth-order valence-electron chi connectivity index (χ4n) is 5.63. The number of aromatic nitrogens is 1. The summed E-state index contributed by atoms with van der Waals surface area (Å²) in [5, 5.41) is 0.730. The zero-order valence-electron chi connectivity index (χ0n) is 20.0. The van der Waals surface area contributed by atoms with Crippen molar-refractivity contribution in [3.8, 4) is 0 Å². The van der Waals surface area contributed by atoms with E-state index in [1.165, 1.54) is 68.6 Å². The van der Waals surface area contributed by atoms with Crippen molar-refractivity contribution in [2.24, 2.45) is 11.8 Å². The molecule has 178 valence electrons. The van der Waals surface area contributed by atoms with Crippen LogP contribution >= 0.6 is 11.3 Å². The van der Waals surface area contributed by atoms with Crippen molar-refractivity contribution in [2.75, 3.05) is 18.8 Å². The van der Waals surface area contributed by atoms with Crippen LogP contribution in [0.25, 0.3) is 6.08 Å². The van der Waals surface area contributed by atoms with Crippen LogP contribution in [0.5, 0.6) is 0 Å². The van der Waals surface area contributed by atoms with Gasteiger partial charge in [-0.25, -0.2) is 4.98 Å². The van der Waals surface area contributed by atoms with E-state index in [4.69, 9.17) is 5.73 Å². The van der Waals surface area contributed by atoms with E-state index >= 15 is 0 Å². The van der Waals surface area contributed by atoms with E-state index in [9.17, 15) is 4.79 Å². The van der Waals surface area contributed by atoms with Crippen LogP contribution in [0.1, 0.15) is 74.4 Å². The van der Waals surface area contributed by atoms with Gasteiger partial charge < -0.3 is 10.6 Å². The number of nitrogen functional groups attached to an aromatic ring is 1. The number of nitrogens with zero attached hydrogens (tertiary/aromatic N) is 2. The summed E-state index contributed by atoms with van der Waals surface area (Å²) in [5.74, 6) is 1.65. The number of carbonyl (C=O) groups is 1. The number of nitrogens with two attached hydrogens (primary N) is 1. The Balaban J connectivity index is 1.19. The molecule has 1 aromatic carbocycles. The number of carbonyl (C=O) groups excluding carboxylic acids is 1. The molecule has 0 aliphatic heterocycles. The average molecular weight is 466 g/mol. The van der Waals surface area contributed by atoms with Crippen LogP contribution in [-0.4, -0.2) is 34.8 Å². The maximum atomic E-state index is 12.4. The Bertz CT molecular complexity index is 914. The Morgan fingerprint density at radius 3 is 2.64 bits per heavy atom. The van der Waals surface area contributed by atoms with Crippen LogP contribution in [0.2, 0.25) is 0 Å². The van der Waals surface area contributed by atoms with E-state index in [0.29, 0.717) is 18.4 Å². The SMILES string of the molecule is CCCN(CCC1CCC(CC(=O)/C=C/c2ccccc2)CC1)[C@H]1CCc2nc(N)sc2C1. The first-order valence-electron chi connectivity index (χ1n) is 12.8. The van der Waals surface area contributed by atoms with Gasteiger partial charge in [0, 0.05) is 17.3 Å². The van der Waals surface area contributed by atoms with Crippen LogP contribution < -0.4 is 5.73 Å². The minimum Gasteiger partial charge on any atom is -0.375 e. The molecular formula is C28H39N3OS. The second-order valence-electron chi connectivity index (χ2n) is 9.94. The third-order valence-corrected chi connectivity index (χ3v) is 8.45. The van der Waals surface area contributed by atoms with E-state index < -0.39 is 0 Å². The molecule has 0 saturated heterocycles. The molecule has 1 heterocycles. The van der Waals surface area contributed by atoms with Crippen LogP contribution in [0.15, 0.2) is 36.4 Å². The van der Waals surface area contributed by atoms with Crippen molar-refractivity contribution in [1.29, 1.82) is 0 Å². The molecule has 1 fully saturated rings. The monoisotopic (exact) mass is 465 g/mol. The van der Waals surface area contributed by atoms with Gasteiger partial charge >= 0.3 is 0 Å². The lowest BCUT2D eigenvalue weighted by atomic mass is 9.78. The van der Waals surface area contributed by atoms with Gasteiger partial charge in [0.05, 0.1) is 5.69 Å². The summed E-state index contributed by atoms with van der Waals surface area (Å²) in [5.41, 5.74) is 8.29. The van der Waals surface area contributed by atoms with Crippen LogP contribution in [0.4, 0.5) is 5.13 Å². The highest BCUT2D eigenvalue weighted by Gasteiger charge is 2.28. The first kappa shape index (κ1) is 24.2. The summed E-state index contributed by atoms with van der Waals surface area (Å²) in [6, 6.07) is 10.7. The Hall–Kier alpha value is -1.98. The molecule has 2 N–H and O–H groups in total. The number of ketones is 1. The van der Waals surface area contributed by atoms with Gasteiger partial charge in [-0.3, -0.25) is 4.79 Å². The lowest BCUT2D eigenvalue weighted by Gasteiger charge is -2.36. The standard InChI is InChI=1S/C28H39N3OS/c1-2-17-31(24-13-15-26-27(20-24)33-28(29)30-26)18-16-22-8-10-23(11-9-22)19-25(32)14-12-21-6-4-3-5-7-21/h3-7,12,14,22-24H,2,8-11,13,15-20H2,1H3,(H2,29,30)/b14-12+/t22?,23?,24-/m0/s1. The number of allylic oxidation sites excluding steroid dienone is 1. The minimum absolute atomic E-state index is 0.275. The van der Waals surface area contributed by atoms with Gasteiger partial charge in [-0.2, -0.15) is 0 Å². The molecule has 2 aliphatic rings. The average Bonchev–Trinajstić information content (AvgIpc) is 3.21. The van der Waals surface area contributed by atoms with Crippen molar-refractivity contribution >= 4 is 28.3 Å². The predicted molar refractivity (Wildman–Crippen MR) is 139 cm³/mol. The number of rotatable bonds is 10. The van der Waals surface area contributed by atoms with Crippen LogP contribution in [0.3, 0.4) is 0 Å². The number of anilines is 1. The van der Waals surface area contributed by atoms with Gasteiger partial charge in [0.15, 0.2) is 10.9 Å². The first-order valence-corrected chi connectivity index (χ1v) is 13.7. The molecule has 0 bridgehead atoms. The maximum Gasteiger partial charge on any atom is 0.180 e. The topological polar surface area (TPSA) is 59.2 Å². The summed E-state index contributed by atoms with van der Waals surface area (Å²) >= 11 is 1.69. The highest BCUT2D eigenvalue weighted by molar-refractivity contribution is 7.15. The van der Waals surface area contributed by atoms with E-state index in [0.717, 1.165) is 29.5 Å². The van der Waals surface area contributed by atoms with Crippen molar-refractivity contribution < 1.29 is 4.79 Å². The van der Waals surface area contributed by atoms with Gasteiger partial charge in [-0.15, -0.1) is 11.3 Å². The van der Waals surface area contributed by atoms with Crippen molar-refractivity contribution in [1.82, 2.24) is 9.88 Å². The van der Waals surface area contributed by atoms with Crippen molar-refractivity contribution in [2.45, 2.75) is 77.2 Å². The van der Waals surface area contributed by atoms with Crippen LogP contribution in [0, 0.1) is 11.8 Å². The molecule has 5 heteroatoms. The smallest absolute Gasteiger partial charge is 0.180 e. The Morgan fingerprint density at radius 1 is 1.12 bits per heavy atom.